The van der Waals surface area contributed by atoms with Gasteiger partial charge in [0.2, 0.25) is 0 Å². The van der Waals surface area contributed by atoms with Crippen LogP contribution in [0.2, 0.25) is 0 Å². The molecule has 1 aromatic rings. The molecule has 0 saturated carbocycles. The zero-order valence-corrected chi connectivity index (χ0v) is 6.51. The normalized spacial score (nSPS) is 9.92. The van der Waals surface area contributed by atoms with Crippen molar-refractivity contribution in [3.63, 3.8) is 0 Å². The van der Waals surface area contributed by atoms with Gasteiger partial charge >= 0.3 is 7.12 Å². The number of hydrogen-bond acceptors (Lipinski definition) is 4. The molecule has 12 heavy (non-hydrogen) atoms. The molecule has 1 heterocycles. The van der Waals surface area contributed by atoms with Gasteiger partial charge in [-0.3, -0.25) is 4.98 Å². The van der Waals surface area contributed by atoms with Crippen molar-refractivity contribution >= 4 is 12.6 Å². The monoisotopic (exact) mass is 167 g/mol. The standard InChI is InChI=1S/C7H10BNO3/c10-4-3-7-2-1-6(5-9-7)8(11)12/h1-2,5,10-12H,3-4H2. The van der Waals surface area contributed by atoms with Crippen LogP contribution in [0.15, 0.2) is 18.3 Å². The summed E-state index contributed by atoms with van der Waals surface area (Å²) in [5.74, 6) is 0. The molecule has 0 fully saturated rings. The third-order valence-electron chi connectivity index (χ3n) is 1.51. The molecule has 0 saturated heterocycles. The smallest absolute Gasteiger partial charge is 0.423 e. The van der Waals surface area contributed by atoms with Crippen molar-refractivity contribution in [2.75, 3.05) is 6.61 Å². The highest BCUT2D eigenvalue weighted by atomic mass is 16.4. The van der Waals surface area contributed by atoms with Gasteiger partial charge in [-0.25, -0.2) is 0 Å². The van der Waals surface area contributed by atoms with Crippen molar-refractivity contribution < 1.29 is 15.2 Å². The van der Waals surface area contributed by atoms with E-state index in [9.17, 15) is 0 Å². The third-order valence-corrected chi connectivity index (χ3v) is 1.51. The summed E-state index contributed by atoms with van der Waals surface area (Å²) in [7, 11) is -1.47. The number of aromatic nitrogens is 1. The van der Waals surface area contributed by atoms with Crippen LogP contribution >= 0.6 is 0 Å². The fraction of sp³-hybridized carbons (Fsp3) is 0.286. The number of hydrogen-bond donors (Lipinski definition) is 3. The summed E-state index contributed by atoms with van der Waals surface area (Å²) in [5, 5.41) is 26.0. The average Bonchev–Trinajstić information content (AvgIpc) is 2.06. The molecule has 0 amide bonds. The molecule has 5 heteroatoms. The number of rotatable bonds is 3. The Balaban J connectivity index is 2.71. The Hall–Kier alpha value is -0.905. The van der Waals surface area contributed by atoms with Gasteiger partial charge in [0.15, 0.2) is 0 Å². The van der Waals surface area contributed by atoms with E-state index in [1.807, 2.05) is 0 Å². The van der Waals surface area contributed by atoms with Crippen LogP contribution in [-0.4, -0.2) is 33.9 Å². The van der Waals surface area contributed by atoms with E-state index >= 15 is 0 Å². The van der Waals surface area contributed by atoms with E-state index < -0.39 is 7.12 Å². The molecule has 0 unspecified atom stereocenters. The fourth-order valence-electron chi connectivity index (χ4n) is 0.851. The summed E-state index contributed by atoms with van der Waals surface area (Å²) in [4.78, 5) is 3.91. The van der Waals surface area contributed by atoms with Crippen LogP contribution in [0.5, 0.6) is 0 Å². The summed E-state index contributed by atoms with van der Waals surface area (Å²) in [6, 6.07) is 3.23. The lowest BCUT2D eigenvalue weighted by atomic mass is 9.82. The summed E-state index contributed by atoms with van der Waals surface area (Å²) in [6.07, 6.45) is 1.87. The Kier molecular flexibility index (Phi) is 3.22. The largest absolute Gasteiger partial charge is 0.490 e. The molecule has 0 aliphatic carbocycles. The van der Waals surface area contributed by atoms with Crippen LogP contribution in [0.25, 0.3) is 0 Å². The first-order valence-corrected chi connectivity index (χ1v) is 3.66. The van der Waals surface area contributed by atoms with Gasteiger partial charge in [-0.15, -0.1) is 0 Å². The molecule has 0 bridgehead atoms. The lowest BCUT2D eigenvalue weighted by molar-refractivity contribution is 0.298. The van der Waals surface area contributed by atoms with Gasteiger partial charge in [-0.1, -0.05) is 6.07 Å². The number of nitrogens with zero attached hydrogens (tertiary/aromatic N) is 1. The van der Waals surface area contributed by atoms with E-state index in [0.29, 0.717) is 11.9 Å². The van der Waals surface area contributed by atoms with Crippen molar-refractivity contribution in [3.05, 3.63) is 24.0 Å². The van der Waals surface area contributed by atoms with Crippen molar-refractivity contribution in [2.24, 2.45) is 0 Å². The number of aliphatic hydroxyl groups excluding tert-OH is 1. The summed E-state index contributed by atoms with van der Waals surface area (Å²) < 4.78 is 0. The Morgan fingerprint density at radius 2 is 2.08 bits per heavy atom. The lowest BCUT2D eigenvalue weighted by Crippen LogP contribution is -2.30. The minimum atomic E-state index is -1.47. The first kappa shape index (κ1) is 9.19. The van der Waals surface area contributed by atoms with E-state index in [2.05, 4.69) is 4.98 Å². The van der Waals surface area contributed by atoms with Gasteiger partial charge in [0, 0.05) is 30.4 Å². The highest BCUT2D eigenvalue weighted by Gasteiger charge is 2.10. The lowest BCUT2D eigenvalue weighted by Gasteiger charge is -1.99. The second kappa shape index (κ2) is 4.20. The second-order valence-corrected chi connectivity index (χ2v) is 2.43. The molecule has 4 nitrogen and oxygen atoms in total. The fourth-order valence-corrected chi connectivity index (χ4v) is 0.851. The molecule has 64 valence electrons. The predicted molar refractivity (Wildman–Crippen MR) is 44.9 cm³/mol. The van der Waals surface area contributed by atoms with Crippen LogP contribution in [0, 0.1) is 0 Å². The molecule has 0 aliphatic rings. The molecule has 1 rings (SSSR count). The molecule has 0 aliphatic heterocycles. The van der Waals surface area contributed by atoms with Crippen LogP contribution in [-0.2, 0) is 6.42 Å². The van der Waals surface area contributed by atoms with Gasteiger partial charge in [-0.2, -0.15) is 0 Å². The highest BCUT2D eigenvalue weighted by Crippen LogP contribution is 1.92. The predicted octanol–water partition coefficient (Wildman–Crippen LogP) is -1.70. The Labute approximate surface area is 70.7 Å². The average molecular weight is 167 g/mol. The van der Waals surface area contributed by atoms with Crippen LogP contribution in [0.1, 0.15) is 5.69 Å². The molecule has 1 aromatic heterocycles. The van der Waals surface area contributed by atoms with E-state index in [0.717, 1.165) is 5.69 Å². The third kappa shape index (κ3) is 2.30. The van der Waals surface area contributed by atoms with Gasteiger partial charge in [0.25, 0.3) is 0 Å². The molecule has 3 N–H and O–H groups in total. The Morgan fingerprint density at radius 3 is 2.50 bits per heavy atom. The molecule has 0 spiro atoms. The van der Waals surface area contributed by atoms with E-state index in [-0.39, 0.29) is 6.61 Å². The van der Waals surface area contributed by atoms with Crippen LogP contribution in [0.3, 0.4) is 0 Å². The first-order valence-electron chi connectivity index (χ1n) is 3.66. The van der Waals surface area contributed by atoms with Crippen molar-refractivity contribution in [1.29, 1.82) is 0 Å². The molecule has 0 atom stereocenters. The molecular weight excluding hydrogens is 157 g/mol. The summed E-state index contributed by atoms with van der Waals surface area (Å²) in [5.41, 5.74) is 1.10. The van der Waals surface area contributed by atoms with Crippen molar-refractivity contribution in [3.8, 4) is 0 Å². The maximum Gasteiger partial charge on any atom is 0.490 e. The molecular formula is C7H10BNO3. The van der Waals surface area contributed by atoms with E-state index in [1.165, 1.54) is 6.20 Å². The van der Waals surface area contributed by atoms with Crippen LogP contribution < -0.4 is 5.46 Å². The van der Waals surface area contributed by atoms with Gasteiger partial charge in [0.05, 0.1) is 0 Å². The second-order valence-electron chi connectivity index (χ2n) is 2.43. The first-order chi connectivity index (χ1) is 5.74. The number of pyridine rings is 1. The van der Waals surface area contributed by atoms with Crippen molar-refractivity contribution in [2.45, 2.75) is 6.42 Å². The SMILES string of the molecule is OCCc1ccc(B(O)O)cn1. The topological polar surface area (TPSA) is 73.6 Å². The molecule has 0 radical (unpaired) electrons. The van der Waals surface area contributed by atoms with E-state index in [1.54, 1.807) is 12.1 Å². The summed E-state index contributed by atoms with van der Waals surface area (Å²) in [6.45, 7) is 0.0496. The van der Waals surface area contributed by atoms with Gasteiger partial charge in [0.1, 0.15) is 0 Å². The zero-order valence-electron chi connectivity index (χ0n) is 6.51. The molecule has 0 aromatic carbocycles. The quantitative estimate of drug-likeness (QED) is 0.469. The maximum absolute atomic E-state index is 8.71. The highest BCUT2D eigenvalue weighted by molar-refractivity contribution is 6.58. The summed E-state index contributed by atoms with van der Waals surface area (Å²) >= 11 is 0. The van der Waals surface area contributed by atoms with Crippen LogP contribution in [0.4, 0.5) is 0 Å². The number of aliphatic hydroxyl groups is 1. The Morgan fingerprint density at radius 1 is 1.33 bits per heavy atom. The van der Waals surface area contributed by atoms with Crippen molar-refractivity contribution in [1.82, 2.24) is 4.98 Å². The van der Waals surface area contributed by atoms with Gasteiger partial charge in [-0.05, 0) is 6.07 Å². The van der Waals surface area contributed by atoms with E-state index in [4.69, 9.17) is 15.2 Å². The van der Waals surface area contributed by atoms with Gasteiger partial charge < -0.3 is 15.2 Å². The minimum Gasteiger partial charge on any atom is -0.423 e. The zero-order chi connectivity index (χ0) is 8.97. The minimum absolute atomic E-state index is 0.0496. The maximum atomic E-state index is 8.71. The Bertz CT molecular complexity index is 237.